The molecule has 0 saturated heterocycles. The van der Waals surface area contributed by atoms with E-state index in [1.807, 2.05) is 0 Å². The first kappa shape index (κ1) is 83.0. The van der Waals surface area contributed by atoms with Gasteiger partial charge in [-0.15, -0.1) is 0 Å². The molecule has 0 bridgehead atoms. The molecule has 4 aliphatic rings. The van der Waals surface area contributed by atoms with Gasteiger partial charge in [0.15, 0.2) is 16.1 Å². The second-order valence-electron chi connectivity index (χ2n) is 35.5. The van der Waals surface area contributed by atoms with Gasteiger partial charge in [0.05, 0.1) is 11.4 Å². The maximum absolute atomic E-state index is 6.94. The summed E-state index contributed by atoms with van der Waals surface area (Å²) in [5.41, 5.74) is 29.1. The molecule has 8 heteroatoms. The Morgan fingerprint density at radius 1 is 0.299 bits per heavy atom. The lowest BCUT2D eigenvalue weighted by molar-refractivity contribution is 0.632. The number of hydrogen-bond acceptors (Lipinski definition) is 3. The molecule has 0 spiro atoms. The van der Waals surface area contributed by atoms with Gasteiger partial charge in [-0.05, 0) is 181 Å². The van der Waals surface area contributed by atoms with Crippen molar-refractivity contribution >= 4 is 144 Å². The molecule has 0 radical (unpaired) electrons. The van der Waals surface area contributed by atoms with Crippen molar-refractivity contribution in [3.63, 3.8) is 0 Å². The molecule has 0 atom stereocenters. The van der Waals surface area contributed by atoms with Crippen LogP contribution in [0.15, 0.2) is 328 Å². The highest BCUT2D eigenvalue weighted by atomic mass is 35.5. The van der Waals surface area contributed by atoms with Crippen LogP contribution in [0.3, 0.4) is 0 Å². The van der Waals surface area contributed by atoms with Crippen LogP contribution in [0.5, 0.6) is 0 Å². The number of benzene rings is 14. The average Bonchev–Trinajstić information content (AvgIpc) is 0.694. The Kier molecular flexibility index (Phi) is 23.7. The monoisotopic (exact) mass is 1580 g/mol. The van der Waals surface area contributed by atoms with Gasteiger partial charge in [-0.3, -0.25) is 0 Å². The molecule has 14 aromatic carbocycles. The number of rotatable bonds is 13. The van der Waals surface area contributed by atoms with Gasteiger partial charge in [-0.1, -0.05) is 442 Å². The summed E-state index contributed by atoms with van der Waals surface area (Å²) in [6.45, 7) is 37.9. The molecular formula is C109H116B2ClN3Si2. The Balaban J connectivity index is 0.000000164. The third kappa shape index (κ3) is 14.3. The van der Waals surface area contributed by atoms with E-state index in [9.17, 15) is 0 Å². The summed E-state index contributed by atoms with van der Waals surface area (Å²) in [6, 6.07) is 124. The van der Waals surface area contributed by atoms with Crippen molar-refractivity contribution in [2.75, 3.05) is 10.2 Å². The Hall–Kier alpha value is -10.5. The fourth-order valence-electron chi connectivity index (χ4n) is 20.3. The molecule has 0 fully saturated rings. The lowest BCUT2D eigenvalue weighted by Gasteiger charge is -2.45. The van der Waals surface area contributed by atoms with Gasteiger partial charge in [-0.2, -0.15) is 0 Å². The highest BCUT2D eigenvalue weighted by molar-refractivity contribution is 7.27. The Morgan fingerprint density at radius 3 is 0.949 bits per heavy atom. The topological polar surface area (TPSA) is 50.3 Å². The summed E-state index contributed by atoms with van der Waals surface area (Å²) >= 11 is 6.94. The average molecular weight is 1580 g/mol. The van der Waals surface area contributed by atoms with E-state index in [1.165, 1.54) is 158 Å². The largest absolute Gasteiger partial charge is 0.355 e. The smallest absolute Gasteiger partial charge is 0.241 e. The van der Waals surface area contributed by atoms with Crippen LogP contribution < -0.4 is 90.6 Å². The first-order valence-corrected chi connectivity index (χ1v) is 46.5. The predicted octanol–water partition coefficient (Wildman–Crippen LogP) is 20.2. The van der Waals surface area contributed by atoms with Crippen LogP contribution in [0.2, 0.25) is 5.02 Å². The second kappa shape index (κ2) is 33.5. The molecule has 0 unspecified atom stereocenters. The summed E-state index contributed by atoms with van der Waals surface area (Å²) in [7, 11) is -5.59. The lowest BCUT2D eigenvalue weighted by Crippen LogP contribution is -2.86. The second-order valence-corrected chi connectivity index (χ2v) is 43.4. The number of para-hydroxylation sites is 4. The Labute approximate surface area is 707 Å². The molecule has 0 aromatic heterocycles. The minimum absolute atomic E-state index is 0. The van der Waals surface area contributed by atoms with Crippen LogP contribution in [0, 0.1) is 0 Å². The Bertz CT molecular complexity index is 5680. The number of hydrogen-bond donors (Lipinski definition) is 2. The van der Waals surface area contributed by atoms with Gasteiger partial charge in [0.2, 0.25) is 13.4 Å². The fraction of sp³-hybridized carbons (Fsp3) is 0.229. The number of anilines is 5. The van der Waals surface area contributed by atoms with E-state index in [0.29, 0.717) is 35.5 Å². The predicted molar refractivity (Wildman–Crippen MR) is 519 cm³/mol. The van der Waals surface area contributed by atoms with Crippen molar-refractivity contribution in [3.8, 4) is 0 Å². The fourth-order valence-corrected chi connectivity index (χ4v) is 31.2. The summed E-state index contributed by atoms with van der Waals surface area (Å²) in [5.74, 6) is 2.51. The lowest BCUT2D eigenvalue weighted by atomic mass is 9.34. The first-order chi connectivity index (χ1) is 55.5. The minimum Gasteiger partial charge on any atom is -0.355 e. The third-order valence-corrected chi connectivity index (χ3v) is 36.0. The third-order valence-electron chi connectivity index (χ3n) is 26.0. The quantitative estimate of drug-likeness (QED) is 0.113. The maximum Gasteiger partial charge on any atom is 0.241 e. The standard InChI is InChI=1S/C54H54BNSi.C39H40BClSi.C15H15N.CH4.H3N/c1-36(2)39-33-43(37(3)4)53(44(34-39)38(5)6)55-47-27-17-20-30-51(47)57(41-21-11-9-12-22-41,42-23-13-10-14-24-42)52-35-40(31-32-48(52)55)56-49-28-18-15-25-45(49)54(7,8)46-26-16-19-29-50(46)56;1-26(2)29-23-33(27(3)4)39(34(24-29)28(5)6)40-35-19-13-14-20-37(35)42(31-15-9-7-10-16-31,32-17-11-8-12-18-32)38-25-30(41)21-22-36(38)40;1-15(2)11-7-3-5-9-13(11)16-14-10-6-4-8-12(14)15;;/h9-38H,1-8H3;7-28H,1-6H3;3-10,16H,1-2H3;1H4;1H3. The van der Waals surface area contributed by atoms with Crippen molar-refractivity contribution in [1.82, 2.24) is 6.15 Å². The number of nitrogens with zero attached hydrogens (tertiary/aromatic N) is 1. The summed E-state index contributed by atoms with van der Waals surface area (Å²) in [5, 5.41) is 15.8. The van der Waals surface area contributed by atoms with Crippen molar-refractivity contribution in [1.29, 1.82) is 0 Å². The van der Waals surface area contributed by atoms with Crippen molar-refractivity contribution < 1.29 is 0 Å². The maximum atomic E-state index is 6.94. The van der Waals surface area contributed by atoms with Gasteiger partial charge in [-0.25, -0.2) is 0 Å². The zero-order valence-electron chi connectivity index (χ0n) is 70.8. The Morgan fingerprint density at radius 2 is 0.590 bits per heavy atom. The van der Waals surface area contributed by atoms with Crippen LogP contribution in [0.1, 0.15) is 209 Å². The van der Waals surface area contributed by atoms with E-state index in [2.05, 4.69) is 449 Å². The molecule has 117 heavy (non-hydrogen) atoms. The first-order valence-electron chi connectivity index (χ1n) is 42.1. The molecule has 588 valence electrons. The summed E-state index contributed by atoms with van der Waals surface area (Å²) < 4.78 is 0. The minimum atomic E-state index is -2.90. The number of nitrogens with one attached hydrogen (secondary N) is 1. The van der Waals surface area contributed by atoms with Crippen molar-refractivity contribution in [3.05, 3.63) is 388 Å². The molecule has 4 aliphatic heterocycles. The van der Waals surface area contributed by atoms with Gasteiger partial charge in [0.25, 0.3) is 0 Å². The molecule has 4 N–H and O–H groups in total. The summed E-state index contributed by atoms with van der Waals surface area (Å²) in [4.78, 5) is 2.55. The van der Waals surface area contributed by atoms with E-state index in [1.54, 1.807) is 0 Å². The number of fused-ring (bicyclic) bond motifs is 8. The zero-order valence-corrected chi connectivity index (χ0v) is 73.6. The molecular weight excluding hydrogens is 1460 g/mol. The molecule has 0 aliphatic carbocycles. The van der Waals surface area contributed by atoms with E-state index in [-0.39, 0.29) is 37.8 Å². The van der Waals surface area contributed by atoms with Crippen LogP contribution >= 0.6 is 11.6 Å². The SMILES string of the molecule is C.CC(C)c1cc(C(C)C)c(B2c3ccccc3[Si](c3ccccc3)(c3ccccc3)c3cc(Cl)ccc32)c(C(C)C)c1.CC(C)c1cc(C(C)C)c(B2c3ccccc3[Si](c3ccccc3)(c3ccccc3)c3cc(N4c5ccccc5C(C)(C)c5ccccc54)ccc32)c(C(C)C)c1.CC1(C)c2ccccc2Nc2ccccc21.N. The van der Waals surface area contributed by atoms with Gasteiger partial charge in [0.1, 0.15) is 0 Å². The van der Waals surface area contributed by atoms with Crippen LogP contribution in [-0.2, 0) is 10.8 Å². The molecule has 18 rings (SSSR count). The normalized spacial score (nSPS) is 14.5. The molecule has 4 heterocycles. The number of halogens is 1. The van der Waals surface area contributed by atoms with Gasteiger partial charge >= 0.3 is 0 Å². The summed E-state index contributed by atoms with van der Waals surface area (Å²) in [6.07, 6.45) is 0. The van der Waals surface area contributed by atoms with Crippen LogP contribution in [-0.4, -0.2) is 29.6 Å². The van der Waals surface area contributed by atoms with Gasteiger partial charge in [0, 0.05) is 32.9 Å². The highest BCUT2D eigenvalue weighted by Gasteiger charge is 2.53. The van der Waals surface area contributed by atoms with E-state index < -0.39 is 16.1 Å². The van der Waals surface area contributed by atoms with Crippen LogP contribution in [0.4, 0.5) is 28.4 Å². The van der Waals surface area contributed by atoms with E-state index in [4.69, 9.17) is 11.6 Å². The van der Waals surface area contributed by atoms with E-state index >= 15 is 0 Å². The highest BCUT2D eigenvalue weighted by Crippen LogP contribution is 2.52. The van der Waals surface area contributed by atoms with Crippen molar-refractivity contribution in [2.45, 2.75) is 165 Å². The molecule has 0 amide bonds. The molecule has 3 nitrogen and oxygen atoms in total. The van der Waals surface area contributed by atoms with Gasteiger partial charge < -0.3 is 16.4 Å². The van der Waals surface area contributed by atoms with Crippen molar-refractivity contribution in [2.24, 2.45) is 0 Å². The van der Waals surface area contributed by atoms with E-state index in [0.717, 1.165) is 5.02 Å². The van der Waals surface area contributed by atoms with Crippen LogP contribution in [0.25, 0.3) is 0 Å². The molecule has 14 aromatic rings. The zero-order chi connectivity index (χ0) is 80.4. The molecule has 0 saturated carbocycles.